The van der Waals surface area contributed by atoms with Gasteiger partial charge in [-0.15, -0.1) is 0 Å². The zero-order valence-corrected chi connectivity index (χ0v) is 12.9. The molecule has 0 unspecified atom stereocenters. The number of rotatable bonds is 4. The molecule has 0 aliphatic carbocycles. The fourth-order valence-electron chi connectivity index (χ4n) is 1.76. The van der Waals surface area contributed by atoms with Gasteiger partial charge in [0.05, 0.1) is 22.4 Å². The zero-order valence-electron chi connectivity index (χ0n) is 10.5. The van der Waals surface area contributed by atoms with E-state index in [-0.39, 0.29) is 16.0 Å². The standard InChI is InChI=1S/C13H9BrFNO4S/c14-9-1-2-11(13(17)18)12(4-9)21(19,20)7-8-3-10(15)6-16-5-8/h1-6H,7H2,(H,17,18). The molecule has 1 aromatic carbocycles. The molecule has 2 aromatic rings. The molecule has 0 bridgehead atoms. The molecule has 0 saturated carbocycles. The largest absolute Gasteiger partial charge is 0.478 e. The highest BCUT2D eigenvalue weighted by molar-refractivity contribution is 9.10. The number of pyridine rings is 1. The van der Waals surface area contributed by atoms with Crippen LogP contribution in [0.3, 0.4) is 0 Å². The molecular weight excluding hydrogens is 365 g/mol. The fraction of sp³-hybridized carbons (Fsp3) is 0.0769. The van der Waals surface area contributed by atoms with Gasteiger partial charge in [0.15, 0.2) is 9.84 Å². The monoisotopic (exact) mass is 373 g/mol. The van der Waals surface area contributed by atoms with E-state index < -0.39 is 27.4 Å². The molecule has 0 radical (unpaired) electrons. The third-order valence-corrected chi connectivity index (χ3v) is 4.84. The van der Waals surface area contributed by atoms with Crippen LogP contribution < -0.4 is 0 Å². The number of carbonyl (C=O) groups is 1. The first-order valence-corrected chi connectivity index (χ1v) is 8.09. The van der Waals surface area contributed by atoms with Gasteiger partial charge in [-0.3, -0.25) is 4.98 Å². The third-order valence-electron chi connectivity index (χ3n) is 2.63. The number of nitrogens with zero attached hydrogens (tertiary/aromatic N) is 1. The summed E-state index contributed by atoms with van der Waals surface area (Å²) in [7, 11) is -3.95. The summed E-state index contributed by atoms with van der Waals surface area (Å²) in [6.45, 7) is 0. The van der Waals surface area contributed by atoms with Crippen LogP contribution in [0.25, 0.3) is 0 Å². The molecule has 1 N–H and O–H groups in total. The van der Waals surface area contributed by atoms with E-state index in [0.29, 0.717) is 4.47 Å². The first-order valence-electron chi connectivity index (χ1n) is 5.64. The molecule has 0 aliphatic heterocycles. The van der Waals surface area contributed by atoms with Crippen molar-refractivity contribution in [1.29, 1.82) is 0 Å². The second-order valence-corrected chi connectivity index (χ2v) is 7.09. The molecule has 110 valence electrons. The minimum atomic E-state index is -3.95. The molecule has 2 rings (SSSR count). The van der Waals surface area contributed by atoms with Crippen molar-refractivity contribution in [3.63, 3.8) is 0 Å². The van der Waals surface area contributed by atoms with Gasteiger partial charge in [-0.2, -0.15) is 0 Å². The average molecular weight is 374 g/mol. The molecule has 0 spiro atoms. The molecule has 0 atom stereocenters. The van der Waals surface area contributed by atoms with Crippen LogP contribution in [0.5, 0.6) is 0 Å². The van der Waals surface area contributed by atoms with E-state index in [1.54, 1.807) is 0 Å². The number of hydrogen-bond donors (Lipinski definition) is 1. The maximum Gasteiger partial charge on any atom is 0.337 e. The van der Waals surface area contributed by atoms with Crippen LogP contribution in [0.1, 0.15) is 15.9 Å². The third kappa shape index (κ3) is 3.64. The van der Waals surface area contributed by atoms with Gasteiger partial charge in [0.25, 0.3) is 0 Å². The van der Waals surface area contributed by atoms with Gasteiger partial charge in [0.1, 0.15) is 5.82 Å². The Labute approximate surface area is 128 Å². The van der Waals surface area contributed by atoms with E-state index in [0.717, 1.165) is 12.3 Å². The molecular formula is C13H9BrFNO4S. The Morgan fingerprint density at radius 3 is 2.62 bits per heavy atom. The second-order valence-electron chi connectivity index (χ2n) is 4.22. The van der Waals surface area contributed by atoms with Crippen molar-refractivity contribution in [2.75, 3.05) is 0 Å². The van der Waals surface area contributed by atoms with Crippen molar-refractivity contribution < 1.29 is 22.7 Å². The van der Waals surface area contributed by atoms with Gasteiger partial charge >= 0.3 is 5.97 Å². The molecule has 21 heavy (non-hydrogen) atoms. The summed E-state index contributed by atoms with van der Waals surface area (Å²) >= 11 is 3.11. The number of halogens is 2. The summed E-state index contributed by atoms with van der Waals surface area (Å²) < 4.78 is 38.2. The zero-order chi connectivity index (χ0) is 15.6. The topological polar surface area (TPSA) is 84.3 Å². The van der Waals surface area contributed by atoms with E-state index in [2.05, 4.69) is 20.9 Å². The van der Waals surface area contributed by atoms with Gasteiger partial charge < -0.3 is 5.11 Å². The van der Waals surface area contributed by atoms with Crippen LogP contribution in [0.4, 0.5) is 4.39 Å². The Hall–Kier alpha value is -1.80. The van der Waals surface area contributed by atoms with Gasteiger partial charge in [-0.25, -0.2) is 17.6 Å². The molecule has 0 fully saturated rings. The molecule has 1 heterocycles. The number of sulfone groups is 1. The first-order chi connectivity index (χ1) is 9.79. The van der Waals surface area contributed by atoms with Crippen LogP contribution >= 0.6 is 15.9 Å². The van der Waals surface area contributed by atoms with E-state index in [1.807, 2.05) is 0 Å². The SMILES string of the molecule is O=C(O)c1ccc(Br)cc1S(=O)(=O)Cc1cncc(F)c1. The van der Waals surface area contributed by atoms with E-state index in [1.165, 1.54) is 24.4 Å². The highest BCUT2D eigenvalue weighted by Crippen LogP contribution is 2.24. The minimum absolute atomic E-state index is 0.145. The molecule has 1 aromatic heterocycles. The van der Waals surface area contributed by atoms with E-state index >= 15 is 0 Å². The van der Waals surface area contributed by atoms with Crippen molar-refractivity contribution in [2.45, 2.75) is 10.6 Å². The predicted octanol–water partition coefficient (Wildman–Crippen LogP) is 2.66. The Bertz CT molecular complexity index is 808. The van der Waals surface area contributed by atoms with Gasteiger partial charge in [0.2, 0.25) is 0 Å². The number of carboxylic acid groups (broad SMARTS) is 1. The van der Waals surface area contributed by atoms with E-state index in [4.69, 9.17) is 5.11 Å². The summed E-state index contributed by atoms with van der Waals surface area (Å²) in [6, 6.07) is 4.89. The Morgan fingerprint density at radius 2 is 2.00 bits per heavy atom. The number of carboxylic acids is 1. The van der Waals surface area contributed by atoms with E-state index in [9.17, 15) is 17.6 Å². The summed E-state index contributed by atoms with van der Waals surface area (Å²) in [5.74, 6) is -2.54. The lowest BCUT2D eigenvalue weighted by Crippen LogP contribution is -2.11. The van der Waals surface area contributed by atoms with Crippen molar-refractivity contribution >= 4 is 31.7 Å². The normalized spacial score (nSPS) is 11.3. The van der Waals surface area contributed by atoms with Gasteiger partial charge in [0, 0.05) is 10.7 Å². The maximum absolute atomic E-state index is 13.1. The summed E-state index contributed by atoms with van der Waals surface area (Å²) in [5, 5.41) is 9.08. The van der Waals surface area contributed by atoms with Crippen molar-refractivity contribution in [2.24, 2.45) is 0 Å². The molecule has 0 amide bonds. The van der Waals surface area contributed by atoms with Crippen LogP contribution in [0.2, 0.25) is 0 Å². The molecule has 0 aliphatic rings. The van der Waals surface area contributed by atoms with Crippen LogP contribution in [-0.2, 0) is 15.6 Å². The van der Waals surface area contributed by atoms with Crippen molar-refractivity contribution in [1.82, 2.24) is 4.98 Å². The smallest absolute Gasteiger partial charge is 0.337 e. The number of aromatic carboxylic acids is 1. The number of aromatic nitrogens is 1. The second kappa shape index (κ2) is 5.90. The van der Waals surface area contributed by atoms with Crippen molar-refractivity contribution in [3.8, 4) is 0 Å². The Balaban J connectivity index is 2.49. The summed E-state index contributed by atoms with van der Waals surface area (Å²) in [5.41, 5.74) is -0.186. The minimum Gasteiger partial charge on any atom is -0.478 e. The quantitative estimate of drug-likeness (QED) is 0.890. The first kappa shape index (κ1) is 15.6. The highest BCUT2D eigenvalue weighted by atomic mass is 79.9. The molecule has 8 heteroatoms. The lowest BCUT2D eigenvalue weighted by molar-refractivity contribution is 0.0692. The average Bonchev–Trinajstić information content (AvgIpc) is 2.37. The van der Waals surface area contributed by atoms with Crippen molar-refractivity contribution in [3.05, 3.63) is 58.1 Å². The Kier molecular flexibility index (Phi) is 4.38. The summed E-state index contributed by atoms with van der Waals surface area (Å²) in [6.07, 6.45) is 2.18. The van der Waals surface area contributed by atoms with Gasteiger partial charge in [-0.05, 0) is 29.8 Å². The lowest BCUT2D eigenvalue weighted by Gasteiger charge is -2.08. The highest BCUT2D eigenvalue weighted by Gasteiger charge is 2.23. The number of hydrogen-bond acceptors (Lipinski definition) is 4. The van der Waals surface area contributed by atoms with Crippen LogP contribution in [-0.4, -0.2) is 24.5 Å². The van der Waals surface area contributed by atoms with Gasteiger partial charge in [-0.1, -0.05) is 15.9 Å². The lowest BCUT2D eigenvalue weighted by atomic mass is 10.2. The predicted molar refractivity (Wildman–Crippen MR) is 76.2 cm³/mol. The fourth-order valence-corrected chi connectivity index (χ4v) is 3.82. The number of benzene rings is 1. The molecule has 0 saturated heterocycles. The van der Waals surface area contributed by atoms with Crippen LogP contribution in [0, 0.1) is 5.82 Å². The maximum atomic E-state index is 13.1. The molecule has 5 nitrogen and oxygen atoms in total. The van der Waals surface area contributed by atoms with Crippen LogP contribution in [0.15, 0.2) is 46.0 Å². The Morgan fingerprint density at radius 1 is 1.29 bits per heavy atom. The summed E-state index contributed by atoms with van der Waals surface area (Å²) in [4.78, 5) is 14.4.